The molecular weight excluding hydrogens is 300 g/mol. The van der Waals surface area contributed by atoms with Crippen molar-refractivity contribution in [1.29, 1.82) is 0 Å². The first-order chi connectivity index (χ1) is 10.5. The van der Waals surface area contributed by atoms with Crippen LogP contribution in [0.15, 0.2) is 28.9 Å². The van der Waals surface area contributed by atoms with E-state index in [1.165, 1.54) is 17.6 Å². The highest BCUT2D eigenvalue weighted by Crippen LogP contribution is 2.27. The van der Waals surface area contributed by atoms with Crippen LogP contribution in [0.3, 0.4) is 0 Å². The Hall–Kier alpha value is -2.08. The lowest BCUT2D eigenvalue weighted by atomic mass is 10.2. The van der Waals surface area contributed by atoms with Crippen LogP contribution in [0.5, 0.6) is 0 Å². The molecule has 0 aliphatic carbocycles. The van der Waals surface area contributed by atoms with E-state index in [-0.39, 0.29) is 23.6 Å². The van der Waals surface area contributed by atoms with Crippen LogP contribution in [0.2, 0.25) is 0 Å². The Morgan fingerprint density at radius 3 is 2.77 bits per heavy atom. The van der Waals surface area contributed by atoms with Crippen LogP contribution in [0.4, 0.5) is 5.00 Å². The summed E-state index contributed by atoms with van der Waals surface area (Å²) in [5, 5.41) is 6.35. The zero-order valence-electron chi connectivity index (χ0n) is 12.9. The van der Waals surface area contributed by atoms with Gasteiger partial charge in [0.2, 0.25) is 0 Å². The largest absolute Gasteiger partial charge is 0.459 e. The van der Waals surface area contributed by atoms with E-state index in [9.17, 15) is 9.59 Å². The molecule has 0 radical (unpaired) electrons. The molecule has 2 rings (SSSR count). The monoisotopic (exact) mass is 320 g/mol. The van der Waals surface area contributed by atoms with Crippen molar-refractivity contribution in [3.8, 4) is 0 Å². The molecule has 0 bridgehead atoms. The molecule has 0 saturated carbocycles. The fourth-order valence-electron chi connectivity index (χ4n) is 2.14. The maximum Gasteiger partial charge on any atom is 0.291 e. The zero-order chi connectivity index (χ0) is 16.1. The Kier molecular flexibility index (Phi) is 5.38. The molecule has 22 heavy (non-hydrogen) atoms. The van der Waals surface area contributed by atoms with Gasteiger partial charge in [0.05, 0.1) is 16.1 Å². The molecule has 0 spiro atoms. The fraction of sp³-hybridized carbons (Fsp3) is 0.375. The average molecular weight is 320 g/mol. The minimum absolute atomic E-state index is 0.0954. The smallest absolute Gasteiger partial charge is 0.291 e. The highest BCUT2D eigenvalue weighted by molar-refractivity contribution is 7.18. The van der Waals surface area contributed by atoms with E-state index in [1.807, 2.05) is 13.8 Å². The van der Waals surface area contributed by atoms with Crippen molar-refractivity contribution in [2.24, 2.45) is 0 Å². The standard InChI is InChI=1S/C16H20N2O3S/c1-4-6-11(3)17-16(20)14-10(2)9-13(22-14)18-15(19)12-7-5-8-21-12/h5,7-9,11H,4,6H2,1-3H3,(H,17,20)(H,18,19). The van der Waals surface area contributed by atoms with Gasteiger partial charge < -0.3 is 15.1 Å². The minimum Gasteiger partial charge on any atom is -0.459 e. The third-order valence-corrected chi connectivity index (χ3v) is 4.36. The average Bonchev–Trinajstić information content (AvgIpc) is 3.08. The number of hydrogen-bond donors (Lipinski definition) is 2. The van der Waals surface area contributed by atoms with Gasteiger partial charge in [-0.3, -0.25) is 9.59 Å². The van der Waals surface area contributed by atoms with Crippen molar-refractivity contribution in [3.05, 3.63) is 40.7 Å². The summed E-state index contributed by atoms with van der Waals surface area (Å²) >= 11 is 1.27. The van der Waals surface area contributed by atoms with Gasteiger partial charge in [0.1, 0.15) is 0 Å². The predicted molar refractivity (Wildman–Crippen MR) is 87.6 cm³/mol. The van der Waals surface area contributed by atoms with E-state index >= 15 is 0 Å². The molecule has 0 aromatic carbocycles. The number of carbonyl (C=O) groups excluding carboxylic acids is 2. The number of carbonyl (C=O) groups is 2. The minimum atomic E-state index is -0.322. The van der Waals surface area contributed by atoms with E-state index in [1.54, 1.807) is 18.2 Å². The van der Waals surface area contributed by atoms with E-state index < -0.39 is 0 Å². The molecule has 118 valence electrons. The first kappa shape index (κ1) is 16.3. The number of rotatable bonds is 6. The Morgan fingerprint density at radius 2 is 2.14 bits per heavy atom. The van der Waals surface area contributed by atoms with Crippen molar-refractivity contribution in [1.82, 2.24) is 5.32 Å². The second-order valence-corrected chi connectivity index (χ2v) is 6.27. The van der Waals surface area contributed by atoms with Crippen LogP contribution in [0.25, 0.3) is 0 Å². The second-order valence-electron chi connectivity index (χ2n) is 5.22. The maximum atomic E-state index is 12.2. The number of anilines is 1. The van der Waals surface area contributed by atoms with E-state index in [0.717, 1.165) is 18.4 Å². The molecule has 2 amide bonds. The van der Waals surface area contributed by atoms with Gasteiger partial charge in [-0.1, -0.05) is 13.3 Å². The van der Waals surface area contributed by atoms with Crippen molar-refractivity contribution in [2.45, 2.75) is 39.7 Å². The Bertz CT molecular complexity index is 646. The summed E-state index contributed by atoms with van der Waals surface area (Å²) < 4.78 is 5.04. The molecule has 1 unspecified atom stereocenters. The summed E-state index contributed by atoms with van der Waals surface area (Å²) in [5.74, 6) is -0.173. The van der Waals surface area contributed by atoms with Gasteiger partial charge in [-0.25, -0.2) is 0 Å². The second kappa shape index (κ2) is 7.26. The Balaban J connectivity index is 2.04. The summed E-state index contributed by atoms with van der Waals surface area (Å²) in [6, 6.07) is 5.18. The van der Waals surface area contributed by atoms with Crippen LogP contribution in [-0.4, -0.2) is 17.9 Å². The molecule has 2 N–H and O–H groups in total. The molecule has 0 aliphatic rings. The van der Waals surface area contributed by atoms with E-state index in [2.05, 4.69) is 17.6 Å². The van der Waals surface area contributed by atoms with Crippen LogP contribution in [0.1, 0.15) is 52.5 Å². The Labute approximate surface area is 133 Å². The van der Waals surface area contributed by atoms with Crippen molar-refractivity contribution in [2.75, 3.05) is 5.32 Å². The van der Waals surface area contributed by atoms with Crippen LogP contribution < -0.4 is 10.6 Å². The number of amides is 2. The van der Waals surface area contributed by atoms with Gasteiger partial charge in [0.25, 0.3) is 11.8 Å². The summed E-state index contributed by atoms with van der Waals surface area (Å²) in [7, 11) is 0. The summed E-state index contributed by atoms with van der Waals surface area (Å²) in [6.07, 6.45) is 3.41. The van der Waals surface area contributed by atoms with Gasteiger partial charge in [0.15, 0.2) is 5.76 Å². The molecule has 2 aromatic rings. The first-order valence-corrected chi connectivity index (χ1v) is 8.09. The van der Waals surface area contributed by atoms with E-state index in [4.69, 9.17) is 4.42 Å². The molecule has 2 aromatic heterocycles. The summed E-state index contributed by atoms with van der Waals surface area (Å²) in [6.45, 7) is 5.93. The van der Waals surface area contributed by atoms with Gasteiger partial charge in [0, 0.05) is 6.04 Å². The first-order valence-electron chi connectivity index (χ1n) is 7.27. The third-order valence-electron chi connectivity index (χ3n) is 3.20. The summed E-state index contributed by atoms with van der Waals surface area (Å²) in [4.78, 5) is 24.8. The van der Waals surface area contributed by atoms with Crippen molar-refractivity contribution < 1.29 is 14.0 Å². The lowest BCUT2D eigenvalue weighted by Crippen LogP contribution is -2.32. The van der Waals surface area contributed by atoms with Crippen LogP contribution in [0, 0.1) is 6.92 Å². The van der Waals surface area contributed by atoms with E-state index in [0.29, 0.717) is 9.88 Å². The lowest BCUT2D eigenvalue weighted by molar-refractivity contribution is 0.0940. The quantitative estimate of drug-likeness (QED) is 0.850. The van der Waals surface area contributed by atoms with Gasteiger partial charge >= 0.3 is 0 Å². The van der Waals surface area contributed by atoms with Crippen LogP contribution >= 0.6 is 11.3 Å². The molecular formula is C16H20N2O3S. The number of thiophene rings is 1. The molecule has 5 nitrogen and oxygen atoms in total. The van der Waals surface area contributed by atoms with Gasteiger partial charge in [-0.2, -0.15) is 0 Å². The molecule has 1 atom stereocenters. The maximum absolute atomic E-state index is 12.2. The zero-order valence-corrected chi connectivity index (χ0v) is 13.8. The highest BCUT2D eigenvalue weighted by atomic mass is 32.1. The fourth-order valence-corrected chi connectivity index (χ4v) is 3.12. The highest BCUT2D eigenvalue weighted by Gasteiger charge is 2.17. The molecule has 0 aliphatic heterocycles. The van der Waals surface area contributed by atoms with Gasteiger partial charge in [-0.05, 0) is 44.0 Å². The topological polar surface area (TPSA) is 71.3 Å². The molecule has 2 heterocycles. The number of furan rings is 1. The Morgan fingerprint density at radius 1 is 1.36 bits per heavy atom. The van der Waals surface area contributed by atoms with Crippen molar-refractivity contribution >= 4 is 28.2 Å². The molecule has 0 fully saturated rings. The van der Waals surface area contributed by atoms with Crippen molar-refractivity contribution in [3.63, 3.8) is 0 Å². The third kappa shape index (κ3) is 3.98. The predicted octanol–water partition coefficient (Wildman–Crippen LogP) is 3.82. The van der Waals surface area contributed by atoms with Crippen LogP contribution in [-0.2, 0) is 0 Å². The number of hydrogen-bond acceptors (Lipinski definition) is 4. The lowest BCUT2D eigenvalue weighted by Gasteiger charge is -2.12. The van der Waals surface area contributed by atoms with Gasteiger partial charge in [-0.15, -0.1) is 11.3 Å². The normalized spacial score (nSPS) is 12.0. The SMILES string of the molecule is CCCC(C)NC(=O)c1sc(NC(=O)c2ccco2)cc1C. The number of aryl methyl sites for hydroxylation is 1. The number of nitrogens with one attached hydrogen (secondary N) is 2. The summed E-state index contributed by atoms with van der Waals surface area (Å²) in [5.41, 5.74) is 0.848. The molecule has 6 heteroatoms. The molecule has 0 saturated heterocycles.